The number of amides is 1. The summed E-state index contributed by atoms with van der Waals surface area (Å²) in [6.07, 6.45) is 3.22. The monoisotopic (exact) mass is 554 g/mol. The summed E-state index contributed by atoms with van der Waals surface area (Å²) in [7, 11) is -3.84. The predicted molar refractivity (Wildman–Crippen MR) is 146 cm³/mol. The highest BCUT2D eigenvalue weighted by molar-refractivity contribution is 7.89. The zero-order valence-corrected chi connectivity index (χ0v) is 22.3. The molecule has 1 saturated carbocycles. The van der Waals surface area contributed by atoms with Crippen molar-refractivity contribution in [2.45, 2.75) is 30.7 Å². The fourth-order valence-corrected chi connectivity index (χ4v) is 5.93. The molecule has 37 heavy (non-hydrogen) atoms. The molecular formula is C27H24Cl2N4O3S. The number of anilines is 1. The molecule has 190 valence electrons. The van der Waals surface area contributed by atoms with Crippen LogP contribution in [-0.4, -0.2) is 40.8 Å². The van der Waals surface area contributed by atoms with Crippen LogP contribution in [0.5, 0.6) is 0 Å². The molecule has 1 heterocycles. The lowest BCUT2D eigenvalue weighted by Gasteiger charge is -2.21. The van der Waals surface area contributed by atoms with E-state index in [1.54, 1.807) is 65.4 Å². The number of aryl methyl sites for hydroxylation is 1. The van der Waals surface area contributed by atoms with Crippen molar-refractivity contribution in [2.75, 3.05) is 11.9 Å². The molecule has 0 spiro atoms. The number of carbonyl (C=O) groups is 1. The number of hydrogen-bond donors (Lipinski definition) is 1. The lowest BCUT2D eigenvalue weighted by atomic mass is 10.2. The van der Waals surface area contributed by atoms with E-state index in [1.165, 1.54) is 4.31 Å². The van der Waals surface area contributed by atoms with Crippen molar-refractivity contribution < 1.29 is 13.2 Å². The van der Waals surface area contributed by atoms with Crippen LogP contribution in [0, 0.1) is 6.92 Å². The standard InChI is InChI=1S/C27H24Cl2N4O3S/c1-18-5-13-24(14-6-18)37(35,36)33(22-11-12-22)17-26(34)31-27-30-25(19-7-9-20(28)10-8-19)16-32(27)23-4-2-3-21(29)15-23/h2-10,13-16,22H,11-12,17H2,1H3,(H,30,31,34). The first-order chi connectivity index (χ1) is 17.7. The maximum Gasteiger partial charge on any atom is 0.243 e. The molecule has 7 nitrogen and oxygen atoms in total. The third-order valence-electron chi connectivity index (χ3n) is 6.06. The Balaban J connectivity index is 1.44. The topological polar surface area (TPSA) is 84.3 Å². The number of hydrogen-bond acceptors (Lipinski definition) is 4. The third-order valence-corrected chi connectivity index (χ3v) is 8.46. The highest BCUT2D eigenvalue weighted by Gasteiger charge is 2.39. The van der Waals surface area contributed by atoms with E-state index >= 15 is 0 Å². The van der Waals surface area contributed by atoms with Crippen molar-refractivity contribution in [2.24, 2.45) is 0 Å². The van der Waals surface area contributed by atoms with Crippen molar-refractivity contribution in [1.29, 1.82) is 0 Å². The number of nitrogens with zero attached hydrogens (tertiary/aromatic N) is 3. The first-order valence-electron chi connectivity index (χ1n) is 11.7. The van der Waals surface area contributed by atoms with Gasteiger partial charge in [0.2, 0.25) is 21.9 Å². The number of benzene rings is 3. The van der Waals surface area contributed by atoms with Crippen LogP contribution in [0.25, 0.3) is 16.9 Å². The molecule has 0 unspecified atom stereocenters. The Morgan fingerprint density at radius 2 is 1.73 bits per heavy atom. The summed E-state index contributed by atoms with van der Waals surface area (Å²) < 4.78 is 29.7. The molecule has 0 aliphatic heterocycles. The molecule has 1 aliphatic rings. The summed E-state index contributed by atoms with van der Waals surface area (Å²) >= 11 is 12.2. The predicted octanol–water partition coefficient (Wildman–Crippen LogP) is 5.95. The van der Waals surface area contributed by atoms with E-state index in [0.29, 0.717) is 21.4 Å². The molecule has 1 aliphatic carbocycles. The third kappa shape index (κ3) is 5.72. The van der Waals surface area contributed by atoms with Crippen LogP contribution in [0.1, 0.15) is 18.4 Å². The fraction of sp³-hybridized carbons (Fsp3) is 0.185. The van der Waals surface area contributed by atoms with Crippen molar-refractivity contribution in [3.8, 4) is 16.9 Å². The van der Waals surface area contributed by atoms with Gasteiger partial charge in [-0.3, -0.25) is 14.7 Å². The number of aromatic nitrogens is 2. The van der Waals surface area contributed by atoms with Crippen LogP contribution in [0.4, 0.5) is 5.95 Å². The molecule has 5 rings (SSSR count). The van der Waals surface area contributed by atoms with Crippen molar-refractivity contribution in [3.63, 3.8) is 0 Å². The van der Waals surface area contributed by atoms with Gasteiger partial charge in [0.15, 0.2) is 0 Å². The van der Waals surface area contributed by atoms with Gasteiger partial charge in [-0.25, -0.2) is 13.4 Å². The maximum absolute atomic E-state index is 13.4. The summed E-state index contributed by atoms with van der Waals surface area (Å²) in [5.74, 6) is -0.236. The van der Waals surface area contributed by atoms with E-state index in [1.807, 2.05) is 25.1 Å². The van der Waals surface area contributed by atoms with Gasteiger partial charge in [0.1, 0.15) is 0 Å². The average Bonchev–Trinajstić information content (AvgIpc) is 3.62. The molecule has 1 fully saturated rings. The molecule has 3 aromatic carbocycles. The van der Waals surface area contributed by atoms with Gasteiger partial charge in [-0.05, 0) is 62.2 Å². The Kier molecular flexibility index (Phi) is 7.09. The van der Waals surface area contributed by atoms with Gasteiger partial charge in [0, 0.05) is 33.5 Å². The average molecular weight is 555 g/mol. The maximum atomic E-state index is 13.4. The van der Waals surface area contributed by atoms with Crippen molar-refractivity contribution in [1.82, 2.24) is 13.9 Å². The SMILES string of the molecule is Cc1ccc(S(=O)(=O)N(CC(=O)Nc2nc(-c3ccc(Cl)cc3)cn2-c2cccc(Cl)c2)C2CC2)cc1. The lowest BCUT2D eigenvalue weighted by molar-refractivity contribution is -0.116. The van der Waals surface area contributed by atoms with Crippen LogP contribution in [0.15, 0.2) is 83.9 Å². The smallest absolute Gasteiger partial charge is 0.243 e. The number of imidazole rings is 1. The molecule has 0 saturated heterocycles. The Labute approximate surface area is 225 Å². The van der Waals surface area contributed by atoms with Crippen LogP contribution in [0.2, 0.25) is 10.0 Å². The van der Waals surface area contributed by atoms with Gasteiger partial charge in [0.05, 0.1) is 17.1 Å². The largest absolute Gasteiger partial charge is 0.294 e. The second-order valence-corrected chi connectivity index (χ2v) is 11.7. The van der Waals surface area contributed by atoms with Crippen LogP contribution in [0.3, 0.4) is 0 Å². The van der Waals surface area contributed by atoms with Crippen molar-refractivity contribution in [3.05, 3.63) is 94.6 Å². The Morgan fingerprint density at radius 1 is 1.03 bits per heavy atom. The van der Waals surface area contributed by atoms with Crippen LogP contribution in [-0.2, 0) is 14.8 Å². The summed E-state index contributed by atoms with van der Waals surface area (Å²) in [5.41, 5.74) is 3.07. The number of sulfonamides is 1. The molecule has 1 amide bonds. The molecule has 4 aromatic rings. The zero-order valence-electron chi connectivity index (χ0n) is 19.9. The molecular weight excluding hydrogens is 531 g/mol. The van der Waals surface area contributed by atoms with Gasteiger partial charge in [-0.1, -0.05) is 59.1 Å². The Bertz CT molecular complexity index is 1550. The lowest BCUT2D eigenvalue weighted by Crippen LogP contribution is -2.39. The van der Waals surface area contributed by atoms with E-state index in [-0.39, 0.29) is 23.4 Å². The summed E-state index contributed by atoms with van der Waals surface area (Å²) in [4.78, 5) is 18.0. The Morgan fingerprint density at radius 3 is 2.38 bits per heavy atom. The minimum atomic E-state index is -3.84. The minimum Gasteiger partial charge on any atom is -0.294 e. The fourth-order valence-electron chi connectivity index (χ4n) is 3.98. The number of carbonyl (C=O) groups excluding carboxylic acids is 1. The summed E-state index contributed by atoms with van der Waals surface area (Å²) in [6, 6.07) is 20.8. The normalized spacial score (nSPS) is 13.6. The number of rotatable bonds is 8. The summed E-state index contributed by atoms with van der Waals surface area (Å²) in [6.45, 7) is 1.57. The first kappa shape index (κ1) is 25.5. The molecule has 1 N–H and O–H groups in total. The number of nitrogens with one attached hydrogen (secondary N) is 1. The van der Waals surface area contributed by atoms with Gasteiger partial charge in [0.25, 0.3) is 0 Å². The molecule has 0 bridgehead atoms. The highest BCUT2D eigenvalue weighted by Crippen LogP contribution is 2.32. The van der Waals surface area contributed by atoms with Crippen molar-refractivity contribution >= 4 is 45.1 Å². The highest BCUT2D eigenvalue weighted by atomic mass is 35.5. The number of halogens is 2. The second kappa shape index (κ2) is 10.3. The molecule has 0 atom stereocenters. The van der Waals surface area contributed by atoms with Gasteiger partial charge in [-0.2, -0.15) is 4.31 Å². The molecule has 10 heteroatoms. The molecule has 1 aromatic heterocycles. The molecule has 0 radical (unpaired) electrons. The van der Waals surface area contributed by atoms with E-state index < -0.39 is 15.9 Å². The van der Waals surface area contributed by atoms with E-state index in [2.05, 4.69) is 10.3 Å². The van der Waals surface area contributed by atoms with Gasteiger partial charge >= 0.3 is 0 Å². The Hall–Kier alpha value is -3.17. The zero-order chi connectivity index (χ0) is 26.2. The van der Waals surface area contributed by atoms with Gasteiger partial charge in [-0.15, -0.1) is 0 Å². The minimum absolute atomic E-state index is 0.170. The summed E-state index contributed by atoms with van der Waals surface area (Å²) in [5, 5.41) is 3.94. The van der Waals surface area contributed by atoms with Gasteiger partial charge < -0.3 is 0 Å². The first-order valence-corrected chi connectivity index (χ1v) is 13.9. The van der Waals surface area contributed by atoms with E-state index in [4.69, 9.17) is 23.2 Å². The van der Waals surface area contributed by atoms with E-state index in [9.17, 15) is 13.2 Å². The van der Waals surface area contributed by atoms with Crippen LogP contribution < -0.4 is 5.32 Å². The quantitative estimate of drug-likeness (QED) is 0.292. The van der Waals surface area contributed by atoms with E-state index in [0.717, 1.165) is 24.0 Å². The van der Waals surface area contributed by atoms with Crippen LogP contribution >= 0.6 is 23.2 Å². The second-order valence-electron chi connectivity index (χ2n) is 8.95.